The highest BCUT2D eigenvalue weighted by molar-refractivity contribution is 5.74. The van der Waals surface area contributed by atoms with Crippen molar-refractivity contribution >= 4 is 23.6 Å². The minimum absolute atomic E-state index is 0.00928. The van der Waals surface area contributed by atoms with Gasteiger partial charge in [-0.05, 0) is 57.4 Å². The summed E-state index contributed by atoms with van der Waals surface area (Å²) in [6.07, 6.45) is 15.8. The van der Waals surface area contributed by atoms with Crippen LogP contribution in [0.4, 0.5) is 22.4 Å². The molecule has 6 rings (SSSR count). The predicted molar refractivity (Wildman–Crippen MR) is 143 cm³/mol. The van der Waals surface area contributed by atoms with Crippen LogP contribution in [0.5, 0.6) is 0 Å². The van der Waals surface area contributed by atoms with E-state index in [4.69, 9.17) is 0 Å². The van der Waals surface area contributed by atoms with Gasteiger partial charge in [-0.2, -0.15) is 10.1 Å². The Morgan fingerprint density at radius 1 is 0.892 bits per heavy atom. The maximum atomic E-state index is 12.6. The fourth-order valence-electron chi connectivity index (χ4n) is 6.53. The molecule has 0 bridgehead atoms. The maximum absolute atomic E-state index is 12.6. The third kappa shape index (κ3) is 6.52. The van der Waals surface area contributed by atoms with E-state index >= 15 is 0 Å². The lowest BCUT2D eigenvalue weighted by Crippen LogP contribution is -3.15. The Kier molecular flexibility index (Phi) is 7.43. The zero-order valence-corrected chi connectivity index (χ0v) is 21.8. The number of quaternary nitrogens is 1. The van der Waals surface area contributed by atoms with Crippen molar-refractivity contribution in [1.29, 1.82) is 0 Å². The molecule has 0 aromatic carbocycles. The van der Waals surface area contributed by atoms with Crippen LogP contribution in [-0.4, -0.2) is 63.5 Å². The number of amides is 2. The Balaban J connectivity index is 0.933. The third-order valence-electron chi connectivity index (χ3n) is 8.75. The van der Waals surface area contributed by atoms with Gasteiger partial charge < -0.3 is 26.2 Å². The number of H-pyrrole nitrogens is 1. The monoisotopic (exact) mass is 508 g/mol. The normalized spacial score (nSPS) is 28.5. The number of carbonyl (C=O) groups excluding carboxylic acids is 1. The third-order valence-corrected chi connectivity index (χ3v) is 8.75. The fourth-order valence-corrected chi connectivity index (χ4v) is 6.53. The molecule has 2 atom stereocenters. The van der Waals surface area contributed by atoms with Gasteiger partial charge in [0.25, 0.3) is 0 Å². The standard InChI is InChI=1S/C27H41N9O/c37-27(31-21-6-3-15-36(17-21)22-11-12-22)30-20-9-7-19(8-10-20)29-26-28-14-13-24(33-26)32-25-16-23(34-35-25)18-4-1-2-5-18/h13-14,16,18-22H,1-12,15,17H2,(H2,30,31,37)(H3,28,29,32,33,34,35)/p+1. The SMILES string of the molecule is O=C(NC1CCC(Nc2nccc(Nc3cc(C4CCCC4)[nH]n3)n2)CC1)NC1CCC[NH+](C2CC2)C1. The Bertz CT molecular complexity index is 1040. The topological polar surface area (TPSA) is 124 Å². The van der Waals surface area contributed by atoms with Gasteiger partial charge in [0.1, 0.15) is 5.82 Å². The van der Waals surface area contributed by atoms with E-state index in [1.807, 2.05) is 6.07 Å². The lowest BCUT2D eigenvalue weighted by atomic mass is 9.91. The Labute approximate surface area is 219 Å². The first kappa shape index (κ1) is 24.5. The van der Waals surface area contributed by atoms with Crippen LogP contribution in [0.1, 0.15) is 88.7 Å². The van der Waals surface area contributed by atoms with E-state index < -0.39 is 0 Å². The van der Waals surface area contributed by atoms with Crippen molar-refractivity contribution in [2.24, 2.45) is 0 Å². The van der Waals surface area contributed by atoms with E-state index in [1.165, 1.54) is 57.2 Å². The number of hydrogen-bond acceptors (Lipinski definition) is 6. The Morgan fingerprint density at radius 2 is 1.68 bits per heavy atom. The van der Waals surface area contributed by atoms with E-state index in [0.29, 0.717) is 23.9 Å². The molecule has 6 N–H and O–H groups in total. The van der Waals surface area contributed by atoms with Crippen LogP contribution in [0.15, 0.2) is 18.3 Å². The van der Waals surface area contributed by atoms with E-state index in [0.717, 1.165) is 56.3 Å². The van der Waals surface area contributed by atoms with E-state index in [-0.39, 0.29) is 12.1 Å². The number of nitrogens with zero attached hydrogens (tertiary/aromatic N) is 3. The van der Waals surface area contributed by atoms with Crippen molar-refractivity contribution in [3.05, 3.63) is 24.0 Å². The summed E-state index contributed by atoms with van der Waals surface area (Å²) in [6.45, 7) is 2.36. The number of piperidine rings is 1. The van der Waals surface area contributed by atoms with Gasteiger partial charge in [0, 0.05) is 48.8 Å². The van der Waals surface area contributed by atoms with Crippen LogP contribution >= 0.6 is 0 Å². The molecule has 10 nitrogen and oxygen atoms in total. The molecule has 2 amide bonds. The molecule has 4 aliphatic rings. The number of urea groups is 1. The average molecular weight is 509 g/mol. The molecule has 3 saturated carbocycles. The number of rotatable bonds is 8. The van der Waals surface area contributed by atoms with Gasteiger partial charge in [0.2, 0.25) is 5.95 Å². The van der Waals surface area contributed by atoms with Crippen LogP contribution in [0.2, 0.25) is 0 Å². The number of likely N-dealkylation sites (tertiary alicyclic amines) is 1. The second kappa shape index (κ2) is 11.2. The highest BCUT2D eigenvalue weighted by atomic mass is 16.2. The molecule has 2 aromatic rings. The zero-order chi connectivity index (χ0) is 25.0. The summed E-state index contributed by atoms with van der Waals surface area (Å²) < 4.78 is 0. The van der Waals surface area contributed by atoms with Gasteiger partial charge in [-0.3, -0.25) is 5.10 Å². The van der Waals surface area contributed by atoms with E-state index in [9.17, 15) is 4.79 Å². The van der Waals surface area contributed by atoms with Gasteiger partial charge in [-0.25, -0.2) is 9.78 Å². The molecule has 10 heteroatoms. The van der Waals surface area contributed by atoms with E-state index in [2.05, 4.69) is 47.5 Å². The van der Waals surface area contributed by atoms with Crippen molar-refractivity contribution in [3.8, 4) is 0 Å². The quantitative estimate of drug-likeness (QED) is 0.326. The number of nitrogens with one attached hydrogen (secondary N) is 6. The first-order valence-corrected chi connectivity index (χ1v) is 14.5. The number of hydrogen-bond donors (Lipinski definition) is 6. The second-order valence-corrected chi connectivity index (χ2v) is 11.6. The van der Waals surface area contributed by atoms with Crippen LogP contribution < -0.4 is 26.2 Å². The molecule has 1 saturated heterocycles. The van der Waals surface area contributed by atoms with Crippen LogP contribution in [0.25, 0.3) is 0 Å². The van der Waals surface area contributed by atoms with Crippen molar-refractivity contribution in [1.82, 2.24) is 30.8 Å². The zero-order valence-electron chi connectivity index (χ0n) is 21.8. The van der Waals surface area contributed by atoms with Crippen LogP contribution in [-0.2, 0) is 0 Å². The highest BCUT2D eigenvalue weighted by Crippen LogP contribution is 2.34. The smallest absolute Gasteiger partial charge is 0.315 e. The summed E-state index contributed by atoms with van der Waals surface area (Å²) in [5.74, 6) is 2.77. The fraction of sp³-hybridized carbons (Fsp3) is 0.704. The first-order valence-electron chi connectivity index (χ1n) is 14.5. The molecule has 2 unspecified atom stereocenters. The lowest BCUT2D eigenvalue weighted by Gasteiger charge is -2.32. The predicted octanol–water partition coefficient (Wildman–Crippen LogP) is 2.83. The van der Waals surface area contributed by atoms with Gasteiger partial charge in [-0.15, -0.1) is 0 Å². The molecular weight excluding hydrogens is 466 g/mol. The lowest BCUT2D eigenvalue weighted by molar-refractivity contribution is -0.917. The van der Waals surface area contributed by atoms with Gasteiger partial charge in [0.05, 0.1) is 25.2 Å². The molecule has 3 aliphatic carbocycles. The molecular formula is C27H42N9O+. The summed E-state index contributed by atoms with van der Waals surface area (Å²) in [5.41, 5.74) is 1.21. The summed E-state index contributed by atoms with van der Waals surface area (Å²) >= 11 is 0. The van der Waals surface area contributed by atoms with Crippen LogP contribution in [0.3, 0.4) is 0 Å². The van der Waals surface area contributed by atoms with Crippen LogP contribution in [0, 0.1) is 0 Å². The number of aromatic nitrogens is 4. The number of carbonyl (C=O) groups is 1. The highest BCUT2D eigenvalue weighted by Gasteiger charge is 2.37. The van der Waals surface area contributed by atoms with Gasteiger partial charge in [-0.1, -0.05) is 12.8 Å². The molecule has 37 heavy (non-hydrogen) atoms. The molecule has 2 aromatic heterocycles. The van der Waals surface area contributed by atoms with Crippen molar-refractivity contribution in [2.75, 3.05) is 23.7 Å². The average Bonchev–Trinajstić information content (AvgIpc) is 3.41. The summed E-state index contributed by atoms with van der Waals surface area (Å²) in [5, 5.41) is 20.9. The summed E-state index contributed by atoms with van der Waals surface area (Å²) in [4.78, 5) is 23.4. The molecule has 200 valence electrons. The van der Waals surface area contributed by atoms with Crippen molar-refractivity contribution in [2.45, 2.75) is 107 Å². The first-order chi connectivity index (χ1) is 18.2. The second-order valence-electron chi connectivity index (χ2n) is 11.6. The molecule has 0 radical (unpaired) electrons. The minimum atomic E-state index is 0.00928. The maximum Gasteiger partial charge on any atom is 0.315 e. The van der Waals surface area contributed by atoms with E-state index in [1.54, 1.807) is 11.1 Å². The largest absolute Gasteiger partial charge is 0.351 e. The molecule has 4 fully saturated rings. The van der Waals surface area contributed by atoms with Crippen molar-refractivity contribution < 1.29 is 9.69 Å². The van der Waals surface area contributed by atoms with Crippen molar-refractivity contribution in [3.63, 3.8) is 0 Å². The molecule has 0 spiro atoms. The van der Waals surface area contributed by atoms with Gasteiger partial charge in [0.15, 0.2) is 5.82 Å². The van der Waals surface area contributed by atoms with Gasteiger partial charge >= 0.3 is 6.03 Å². The summed E-state index contributed by atoms with van der Waals surface area (Å²) in [6, 6.07) is 5.70. The Morgan fingerprint density at radius 3 is 2.49 bits per heavy atom. The molecule has 1 aliphatic heterocycles. The summed E-state index contributed by atoms with van der Waals surface area (Å²) in [7, 11) is 0. The Hall–Kier alpha value is -2.88. The minimum Gasteiger partial charge on any atom is -0.351 e. The molecule has 3 heterocycles. The number of anilines is 3. The number of aromatic amines is 1.